The van der Waals surface area contributed by atoms with Crippen LogP contribution in [0.4, 0.5) is 13.2 Å². The molecule has 2 rings (SSSR count). The summed E-state index contributed by atoms with van der Waals surface area (Å²) in [5.74, 6) is 0.137. The maximum absolute atomic E-state index is 12.5. The zero-order valence-electron chi connectivity index (χ0n) is 10.8. The van der Waals surface area contributed by atoms with Crippen molar-refractivity contribution in [3.63, 3.8) is 0 Å². The molecule has 0 unspecified atom stereocenters. The predicted octanol–water partition coefficient (Wildman–Crippen LogP) is 3.41. The lowest BCUT2D eigenvalue weighted by Gasteiger charge is -2.12. The van der Waals surface area contributed by atoms with Gasteiger partial charge >= 0.3 is 6.18 Å². The normalized spacial score (nSPS) is 12.4. The summed E-state index contributed by atoms with van der Waals surface area (Å²) in [5, 5.41) is 0.555. The minimum Gasteiger partial charge on any atom is -0.319 e. The van der Waals surface area contributed by atoms with Gasteiger partial charge in [-0.25, -0.2) is 9.97 Å². The molecule has 3 nitrogen and oxygen atoms in total. The number of rotatable bonds is 2. The first-order valence-corrected chi connectivity index (χ1v) is 8.34. The zero-order valence-corrected chi connectivity index (χ0v) is 11.7. The van der Waals surface area contributed by atoms with Gasteiger partial charge in [-0.3, -0.25) is 0 Å². The van der Waals surface area contributed by atoms with Gasteiger partial charge in [0.1, 0.15) is 7.14 Å². The van der Waals surface area contributed by atoms with Crippen LogP contribution in [0, 0.1) is 0 Å². The first-order valence-electron chi connectivity index (χ1n) is 5.74. The van der Waals surface area contributed by atoms with Gasteiger partial charge in [-0.15, -0.1) is 0 Å². The lowest BCUT2D eigenvalue weighted by atomic mass is 10.2. The van der Waals surface area contributed by atoms with Gasteiger partial charge in [0, 0.05) is 23.3 Å². The smallest absolute Gasteiger partial charge is 0.319 e. The molecule has 1 aromatic carbocycles. The zero-order chi connectivity index (χ0) is 15.0. The van der Waals surface area contributed by atoms with Crippen molar-refractivity contribution in [3.8, 4) is 11.4 Å². The summed E-state index contributed by atoms with van der Waals surface area (Å²) in [7, 11) is -2.57. The third-order valence-electron chi connectivity index (χ3n) is 2.70. The van der Waals surface area contributed by atoms with Gasteiger partial charge in [-0.05, 0) is 13.3 Å². The number of halogens is 3. The Labute approximate surface area is 114 Å². The van der Waals surface area contributed by atoms with Crippen LogP contribution in [-0.4, -0.2) is 23.3 Å². The quantitative estimate of drug-likeness (QED) is 0.798. The van der Waals surface area contributed by atoms with Gasteiger partial charge in [-0.1, -0.05) is 24.3 Å². The molecule has 20 heavy (non-hydrogen) atoms. The Morgan fingerprint density at radius 3 is 2.10 bits per heavy atom. The van der Waals surface area contributed by atoms with Crippen LogP contribution in [-0.2, 0) is 10.7 Å². The van der Waals surface area contributed by atoms with Crippen LogP contribution in [0.25, 0.3) is 11.4 Å². The molecule has 0 saturated heterocycles. The molecule has 0 aliphatic heterocycles. The van der Waals surface area contributed by atoms with Crippen LogP contribution >= 0.6 is 7.14 Å². The van der Waals surface area contributed by atoms with E-state index in [1.165, 1.54) is 0 Å². The molecule has 106 valence electrons. The SMILES string of the molecule is CP(C)(=O)c1ccccc1-c1ncc(C(F)(F)F)cn1. The number of benzene rings is 1. The third kappa shape index (κ3) is 3.07. The van der Waals surface area contributed by atoms with Crippen LogP contribution in [0.2, 0.25) is 0 Å². The molecule has 0 aliphatic carbocycles. The van der Waals surface area contributed by atoms with Crippen LogP contribution in [0.1, 0.15) is 5.56 Å². The fourth-order valence-electron chi connectivity index (χ4n) is 1.75. The van der Waals surface area contributed by atoms with Crippen molar-refractivity contribution < 1.29 is 17.7 Å². The van der Waals surface area contributed by atoms with Crippen molar-refractivity contribution in [2.24, 2.45) is 0 Å². The Morgan fingerprint density at radius 1 is 1.05 bits per heavy atom. The third-order valence-corrected chi connectivity index (χ3v) is 4.25. The van der Waals surface area contributed by atoms with E-state index >= 15 is 0 Å². The summed E-state index contributed by atoms with van der Waals surface area (Å²) in [4.78, 5) is 7.47. The minimum absolute atomic E-state index is 0.137. The Bertz CT molecular complexity index is 662. The van der Waals surface area contributed by atoms with E-state index in [-0.39, 0.29) is 5.82 Å². The van der Waals surface area contributed by atoms with Crippen molar-refractivity contribution in [1.29, 1.82) is 0 Å². The lowest BCUT2D eigenvalue weighted by molar-refractivity contribution is -0.138. The van der Waals surface area contributed by atoms with Crippen molar-refractivity contribution >= 4 is 12.4 Å². The van der Waals surface area contributed by atoms with E-state index < -0.39 is 18.9 Å². The van der Waals surface area contributed by atoms with E-state index in [1.54, 1.807) is 37.6 Å². The molecular weight excluding hydrogens is 288 g/mol. The molecule has 0 N–H and O–H groups in total. The summed E-state index contributed by atoms with van der Waals surface area (Å²) in [6.45, 7) is 3.19. The van der Waals surface area contributed by atoms with Gasteiger partial charge in [0.2, 0.25) is 0 Å². The average Bonchev–Trinajstić information content (AvgIpc) is 2.37. The van der Waals surface area contributed by atoms with Crippen LogP contribution in [0.3, 0.4) is 0 Å². The van der Waals surface area contributed by atoms with Crippen LogP contribution < -0.4 is 5.30 Å². The number of alkyl halides is 3. The fraction of sp³-hybridized carbons (Fsp3) is 0.231. The van der Waals surface area contributed by atoms with E-state index in [1.807, 2.05) is 0 Å². The second-order valence-corrected chi connectivity index (χ2v) is 7.84. The van der Waals surface area contributed by atoms with Crippen molar-refractivity contribution in [3.05, 3.63) is 42.2 Å². The van der Waals surface area contributed by atoms with E-state index in [4.69, 9.17) is 0 Å². The van der Waals surface area contributed by atoms with Gasteiger partial charge in [-0.2, -0.15) is 13.2 Å². The molecule has 0 fully saturated rings. The Kier molecular flexibility index (Phi) is 3.69. The second-order valence-electron chi connectivity index (χ2n) is 4.66. The fourth-order valence-corrected chi connectivity index (χ4v) is 2.95. The number of hydrogen-bond acceptors (Lipinski definition) is 3. The predicted molar refractivity (Wildman–Crippen MR) is 71.6 cm³/mol. The molecule has 1 aromatic heterocycles. The van der Waals surface area contributed by atoms with E-state index in [0.29, 0.717) is 10.9 Å². The number of nitrogens with zero attached hydrogens (tertiary/aromatic N) is 2. The lowest BCUT2D eigenvalue weighted by Crippen LogP contribution is -2.10. The Morgan fingerprint density at radius 2 is 1.60 bits per heavy atom. The molecule has 0 bridgehead atoms. The topological polar surface area (TPSA) is 42.9 Å². The van der Waals surface area contributed by atoms with E-state index in [9.17, 15) is 17.7 Å². The molecule has 0 aliphatic rings. The summed E-state index contributed by atoms with van der Waals surface area (Å²) in [6.07, 6.45) is -3.01. The first-order chi connectivity index (χ1) is 9.19. The average molecular weight is 300 g/mol. The molecule has 0 radical (unpaired) electrons. The monoisotopic (exact) mass is 300 g/mol. The maximum Gasteiger partial charge on any atom is 0.419 e. The number of hydrogen-bond donors (Lipinski definition) is 0. The molecule has 2 aromatic rings. The maximum atomic E-state index is 12.5. The summed E-state index contributed by atoms with van der Waals surface area (Å²) < 4.78 is 49.6. The van der Waals surface area contributed by atoms with Gasteiger partial charge in [0.05, 0.1) is 5.56 Å². The summed E-state index contributed by atoms with van der Waals surface area (Å²) in [5.41, 5.74) is -0.413. The Balaban J connectivity index is 2.51. The second kappa shape index (κ2) is 5.02. The van der Waals surface area contributed by atoms with Gasteiger partial charge < -0.3 is 4.57 Å². The summed E-state index contributed by atoms with van der Waals surface area (Å²) >= 11 is 0. The van der Waals surface area contributed by atoms with E-state index in [0.717, 1.165) is 12.4 Å². The number of aromatic nitrogens is 2. The largest absolute Gasteiger partial charge is 0.419 e. The molecule has 1 heterocycles. The van der Waals surface area contributed by atoms with Gasteiger partial charge in [0.15, 0.2) is 5.82 Å². The minimum atomic E-state index is -4.47. The van der Waals surface area contributed by atoms with Crippen molar-refractivity contribution in [2.45, 2.75) is 6.18 Å². The molecule has 0 saturated carbocycles. The van der Waals surface area contributed by atoms with Crippen LogP contribution in [0.15, 0.2) is 36.7 Å². The van der Waals surface area contributed by atoms with Gasteiger partial charge in [0.25, 0.3) is 0 Å². The van der Waals surface area contributed by atoms with Crippen molar-refractivity contribution in [2.75, 3.05) is 13.3 Å². The highest BCUT2D eigenvalue weighted by molar-refractivity contribution is 7.70. The van der Waals surface area contributed by atoms with E-state index in [2.05, 4.69) is 9.97 Å². The van der Waals surface area contributed by atoms with Crippen LogP contribution in [0.5, 0.6) is 0 Å². The molecule has 0 spiro atoms. The highest BCUT2D eigenvalue weighted by Crippen LogP contribution is 2.38. The van der Waals surface area contributed by atoms with Crippen molar-refractivity contribution in [1.82, 2.24) is 9.97 Å². The molecule has 7 heteroatoms. The standard InChI is InChI=1S/C13H12F3N2OP/c1-20(2,19)11-6-4-3-5-10(11)12-17-7-9(8-18-12)13(14,15)16/h3-8H,1-2H3. The first kappa shape index (κ1) is 14.7. The Hall–Kier alpha value is -1.68. The molecule has 0 amide bonds. The highest BCUT2D eigenvalue weighted by atomic mass is 31.2. The molecule has 0 atom stereocenters. The summed E-state index contributed by atoms with van der Waals surface area (Å²) in [6, 6.07) is 6.76. The molecular formula is C13H12F3N2OP. The highest BCUT2D eigenvalue weighted by Gasteiger charge is 2.31.